The van der Waals surface area contributed by atoms with Gasteiger partial charge in [0.1, 0.15) is 11.5 Å². The van der Waals surface area contributed by atoms with E-state index in [4.69, 9.17) is 14.8 Å². The number of benzene rings is 1. The molecule has 12 heteroatoms. The van der Waals surface area contributed by atoms with Crippen molar-refractivity contribution in [1.82, 2.24) is 20.0 Å². The van der Waals surface area contributed by atoms with Crippen molar-refractivity contribution in [2.75, 3.05) is 53.1 Å². The van der Waals surface area contributed by atoms with Crippen molar-refractivity contribution < 1.29 is 18.3 Å². The second kappa shape index (κ2) is 9.71. The van der Waals surface area contributed by atoms with Crippen LogP contribution < -0.4 is 14.5 Å². The molecule has 1 saturated carbocycles. The predicted octanol–water partition coefficient (Wildman–Crippen LogP) is 2.73. The molecule has 3 saturated heterocycles. The molecule has 0 radical (unpaired) electrons. The molecule has 4 fully saturated rings. The van der Waals surface area contributed by atoms with Crippen LogP contribution in [0, 0.1) is 12.3 Å². The first-order valence-electron chi connectivity index (χ1n) is 14.1. The lowest BCUT2D eigenvalue weighted by atomic mass is 9.93. The molecule has 2 aromatic heterocycles. The minimum atomic E-state index is -3.64. The number of hydrogen-bond donors (Lipinski definition) is 2. The molecule has 3 aliphatic heterocycles. The van der Waals surface area contributed by atoms with Crippen molar-refractivity contribution in [3.05, 3.63) is 42.1 Å². The number of fused-ring (bicyclic) bond motifs is 2. The Balaban J connectivity index is 1.20. The summed E-state index contributed by atoms with van der Waals surface area (Å²) in [4.78, 5) is 9.60. The first kappa shape index (κ1) is 25.7. The fourth-order valence-corrected chi connectivity index (χ4v) is 7.23. The van der Waals surface area contributed by atoms with Gasteiger partial charge in [0.25, 0.3) is 0 Å². The molecule has 1 spiro atoms. The second-order valence-corrected chi connectivity index (χ2v) is 13.6. The normalized spacial score (nSPS) is 23.2. The summed E-state index contributed by atoms with van der Waals surface area (Å²) in [6, 6.07) is 10.0. The minimum absolute atomic E-state index is 0.285. The SMILES string of the molecule is Cc1cc(N2C[C@H]3C[C@@H]2CO3)nc(-n2cc(-c3ccc(NS(=O)(=O)CCO)cc3N3CCC4(CC3)CC4)nn2)c1. The molecule has 7 rings (SSSR count). The highest BCUT2D eigenvalue weighted by molar-refractivity contribution is 7.92. The van der Waals surface area contributed by atoms with E-state index < -0.39 is 16.6 Å². The molecule has 2 atom stereocenters. The van der Waals surface area contributed by atoms with Gasteiger partial charge in [-0.25, -0.2) is 18.1 Å². The summed E-state index contributed by atoms with van der Waals surface area (Å²) >= 11 is 0. The van der Waals surface area contributed by atoms with Gasteiger partial charge >= 0.3 is 0 Å². The Kier molecular flexibility index (Phi) is 6.24. The summed E-state index contributed by atoms with van der Waals surface area (Å²) in [7, 11) is -3.64. The van der Waals surface area contributed by atoms with Crippen molar-refractivity contribution in [3.63, 3.8) is 0 Å². The first-order chi connectivity index (χ1) is 19.3. The zero-order chi connectivity index (χ0) is 27.5. The zero-order valence-electron chi connectivity index (χ0n) is 22.7. The summed E-state index contributed by atoms with van der Waals surface area (Å²) in [5.41, 5.74) is 4.60. The molecule has 2 N–H and O–H groups in total. The molecule has 1 aromatic carbocycles. The van der Waals surface area contributed by atoms with Gasteiger partial charge < -0.3 is 19.6 Å². The summed E-state index contributed by atoms with van der Waals surface area (Å²) in [6.45, 7) is 5.07. The van der Waals surface area contributed by atoms with Crippen LogP contribution in [0.15, 0.2) is 36.5 Å². The first-order valence-corrected chi connectivity index (χ1v) is 15.8. The van der Waals surface area contributed by atoms with Crippen molar-refractivity contribution in [1.29, 1.82) is 0 Å². The Morgan fingerprint density at radius 1 is 1.12 bits per heavy atom. The van der Waals surface area contributed by atoms with Gasteiger partial charge in [0.05, 0.1) is 43.0 Å². The number of aliphatic hydroxyl groups excluding tert-OH is 1. The smallest absolute Gasteiger partial charge is 0.234 e. The average Bonchev–Trinajstić information content (AvgIpc) is 3.32. The van der Waals surface area contributed by atoms with Crippen LogP contribution in [0.4, 0.5) is 17.2 Å². The van der Waals surface area contributed by atoms with Crippen LogP contribution in [0.5, 0.6) is 0 Å². The van der Waals surface area contributed by atoms with Gasteiger partial charge in [-0.2, -0.15) is 0 Å². The van der Waals surface area contributed by atoms with E-state index in [-0.39, 0.29) is 11.9 Å². The third-order valence-corrected chi connectivity index (χ3v) is 10.2. The van der Waals surface area contributed by atoms with Crippen LogP contribution in [0.2, 0.25) is 0 Å². The lowest BCUT2D eigenvalue weighted by Crippen LogP contribution is -2.37. The number of aryl methyl sites for hydroxylation is 1. The van der Waals surface area contributed by atoms with E-state index in [0.717, 1.165) is 68.1 Å². The fraction of sp³-hybridized carbons (Fsp3) is 0.536. The van der Waals surface area contributed by atoms with Crippen molar-refractivity contribution in [2.45, 2.75) is 51.2 Å². The van der Waals surface area contributed by atoms with Gasteiger partial charge in [-0.05, 0) is 80.3 Å². The largest absolute Gasteiger partial charge is 0.395 e. The number of ether oxygens (including phenoxy) is 1. The number of piperidine rings is 1. The molecule has 5 heterocycles. The molecule has 2 bridgehead atoms. The molecule has 1 aliphatic carbocycles. The topological polar surface area (TPSA) is 126 Å². The maximum atomic E-state index is 12.4. The zero-order valence-corrected chi connectivity index (χ0v) is 23.5. The summed E-state index contributed by atoms with van der Waals surface area (Å²) in [5.74, 6) is 1.30. The van der Waals surface area contributed by atoms with Gasteiger partial charge in [0, 0.05) is 30.9 Å². The third kappa shape index (κ3) is 4.92. The number of rotatable bonds is 8. The van der Waals surface area contributed by atoms with Crippen LogP contribution in [-0.2, 0) is 14.8 Å². The molecular formula is C28H35N7O4S. The number of nitrogens with zero attached hydrogens (tertiary/aromatic N) is 6. The predicted molar refractivity (Wildman–Crippen MR) is 152 cm³/mol. The highest BCUT2D eigenvalue weighted by Crippen LogP contribution is 2.54. The Labute approximate surface area is 234 Å². The summed E-state index contributed by atoms with van der Waals surface area (Å²) in [5, 5.41) is 18.1. The van der Waals surface area contributed by atoms with E-state index in [1.807, 2.05) is 24.4 Å². The molecule has 0 unspecified atom stereocenters. The van der Waals surface area contributed by atoms with Crippen LogP contribution in [0.1, 0.15) is 37.7 Å². The Morgan fingerprint density at radius 3 is 2.62 bits per heavy atom. The number of aromatic nitrogens is 4. The van der Waals surface area contributed by atoms with Crippen LogP contribution in [0.3, 0.4) is 0 Å². The van der Waals surface area contributed by atoms with Crippen LogP contribution >= 0.6 is 0 Å². The van der Waals surface area contributed by atoms with E-state index in [0.29, 0.717) is 28.7 Å². The van der Waals surface area contributed by atoms with Crippen LogP contribution in [-0.4, -0.2) is 84.2 Å². The maximum Gasteiger partial charge on any atom is 0.234 e. The highest BCUT2D eigenvalue weighted by Gasteiger charge is 2.44. The van der Waals surface area contributed by atoms with E-state index in [9.17, 15) is 8.42 Å². The molecule has 11 nitrogen and oxygen atoms in total. The van der Waals surface area contributed by atoms with Crippen molar-refractivity contribution in [2.24, 2.45) is 5.41 Å². The van der Waals surface area contributed by atoms with Crippen molar-refractivity contribution in [3.8, 4) is 17.1 Å². The van der Waals surface area contributed by atoms with Gasteiger partial charge in [0.2, 0.25) is 10.0 Å². The molecule has 3 aromatic rings. The standard InChI is InChI=1S/C28H35N7O4S/c1-19-12-26(34-16-22-15-21(34)18-39-22)29-27(13-19)35-17-24(30-32-35)23-3-2-20(31-40(37,38)11-10-36)14-25(23)33-8-6-28(4-5-28)7-9-33/h2-3,12-14,17,21-22,31,36H,4-11,15-16,18H2,1H3/t21-,22-/m1/s1. The van der Waals surface area contributed by atoms with Crippen LogP contribution in [0.25, 0.3) is 17.1 Å². The summed E-state index contributed by atoms with van der Waals surface area (Å²) < 4.78 is 34.8. The Bertz CT molecular complexity index is 1530. The number of hydrogen-bond acceptors (Lipinski definition) is 9. The fourth-order valence-electron chi connectivity index (χ4n) is 6.40. The lowest BCUT2D eigenvalue weighted by molar-refractivity contribution is 0.0989. The molecular weight excluding hydrogens is 530 g/mol. The average molecular weight is 566 g/mol. The summed E-state index contributed by atoms with van der Waals surface area (Å²) in [6.07, 6.45) is 8.11. The quantitative estimate of drug-likeness (QED) is 0.424. The maximum absolute atomic E-state index is 12.4. The van der Waals surface area contributed by atoms with E-state index >= 15 is 0 Å². The number of anilines is 3. The van der Waals surface area contributed by atoms with Crippen molar-refractivity contribution >= 4 is 27.2 Å². The number of pyridine rings is 1. The highest BCUT2D eigenvalue weighted by atomic mass is 32.2. The lowest BCUT2D eigenvalue weighted by Gasteiger charge is -2.35. The molecule has 40 heavy (non-hydrogen) atoms. The van der Waals surface area contributed by atoms with Gasteiger partial charge in [-0.1, -0.05) is 5.21 Å². The minimum Gasteiger partial charge on any atom is -0.395 e. The van der Waals surface area contributed by atoms with E-state index in [2.05, 4.69) is 37.8 Å². The second-order valence-electron chi connectivity index (χ2n) is 11.8. The molecule has 212 valence electrons. The number of sulfonamides is 1. The third-order valence-electron chi connectivity index (χ3n) is 8.89. The monoisotopic (exact) mass is 565 g/mol. The van der Waals surface area contributed by atoms with Gasteiger partial charge in [0.15, 0.2) is 5.82 Å². The number of morpholine rings is 1. The number of aliphatic hydroxyl groups is 1. The Morgan fingerprint density at radius 2 is 1.93 bits per heavy atom. The van der Waals surface area contributed by atoms with Gasteiger partial charge in [-0.15, -0.1) is 5.10 Å². The van der Waals surface area contributed by atoms with Gasteiger partial charge in [-0.3, -0.25) is 4.72 Å². The number of nitrogens with one attached hydrogen (secondary N) is 1. The van der Waals surface area contributed by atoms with E-state index in [1.54, 1.807) is 10.7 Å². The molecule has 4 aliphatic rings. The van der Waals surface area contributed by atoms with E-state index in [1.165, 1.54) is 12.8 Å². The molecule has 0 amide bonds. The Hall–Kier alpha value is -3.22.